The number of imidazole rings is 2. The molecule has 0 aliphatic heterocycles. The van der Waals surface area contributed by atoms with E-state index in [9.17, 15) is 0 Å². The first kappa shape index (κ1) is 36.9. The summed E-state index contributed by atoms with van der Waals surface area (Å²) < 4.78 is 16.6. The third kappa shape index (κ3) is 9.90. The molecule has 52 heavy (non-hydrogen) atoms. The molecule has 0 radical (unpaired) electrons. The second-order valence-corrected chi connectivity index (χ2v) is 14.1. The quantitative estimate of drug-likeness (QED) is 0.0612. The second kappa shape index (κ2) is 18.5. The molecule has 4 aromatic carbocycles. The van der Waals surface area contributed by atoms with Crippen molar-refractivity contribution in [2.45, 2.75) is 66.1 Å². The van der Waals surface area contributed by atoms with Gasteiger partial charge in [-0.05, 0) is 118 Å². The van der Waals surface area contributed by atoms with Crippen LogP contribution in [-0.4, -0.2) is 58.0 Å². The van der Waals surface area contributed by atoms with Crippen LogP contribution in [0.5, 0.6) is 11.5 Å². The first-order valence-electron chi connectivity index (χ1n) is 18.9. The van der Waals surface area contributed by atoms with E-state index in [0.717, 1.165) is 95.2 Å². The van der Waals surface area contributed by atoms with Crippen LogP contribution in [0.15, 0.2) is 109 Å². The van der Waals surface area contributed by atoms with Gasteiger partial charge in [-0.3, -0.25) is 0 Å². The van der Waals surface area contributed by atoms with Crippen LogP contribution in [0.3, 0.4) is 0 Å². The van der Waals surface area contributed by atoms with Gasteiger partial charge < -0.3 is 29.2 Å². The molecule has 8 nitrogen and oxygen atoms in total. The minimum absolute atomic E-state index is 0.519. The van der Waals surface area contributed by atoms with Crippen LogP contribution in [0.4, 0.5) is 0 Å². The highest BCUT2D eigenvalue weighted by Crippen LogP contribution is 2.28. The van der Waals surface area contributed by atoms with Gasteiger partial charge in [0, 0.05) is 30.3 Å². The van der Waals surface area contributed by atoms with Crippen molar-refractivity contribution in [1.29, 1.82) is 0 Å². The van der Waals surface area contributed by atoms with Gasteiger partial charge in [-0.2, -0.15) is 0 Å². The van der Waals surface area contributed by atoms with Crippen LogP contribution in [0, 0.1) is 5.92 Å². The average Bonchev–Trinajstić information content (AvgIpc) is 3.71. The molecular formula is C44H54N6O2. The zero-order valence-corrected chi connectivity index (χ0v) is 31.2. The van der Waals surface area contributed by atoms with Gasteiger partial charge in [0.15, 0.2) is 0 Å². The van der Waals surface area contributed by atoms with Crippen molar-refractivity contribution in [3.05, 3.63) is 109 Å². The summed E-state index contributed by atoms with van der Waals surface area (Å²) in [5.41, 5.74) is 6.32. The van der Waals surface area contributed by atoms with E-state index in [1.165, 1.54) is 0 Å². The van der Waals surface area contributed by atoms with Gasteiger partial charge in [-0.25, -0.2) is 9.97 Å². The molecule has 0 atom stereocenters. The molecule has 2 heterocycles. The van der Waals surface area contributed by atoms with Crippen LogP contribution in [0.2, 0.25) is 0 Å². The smallest absolute Gasteiger partial charge is 0.141 e. The first-order valence-corrected chi connectivity index (χ1v) is 18.9. The van der Waals surface area contributed by atoms with Crippen molar-refractivity contribution in [2.24, 2.45) is 5.92 Å². The molecule has 0 bridgehead atoms. The summed E-state index contributed by atoms with van der Waals surface area (Å²) in [5.74, 6) is 4.31. The standard InChI is InChI=1S/C44H54N6O2/c1-33(2)32-45-26-13-31-52-38-24-20-36(21-25-38)44-48-40-15-6-8-17-42(40)50(44)29-11-10-28-49-41-16-7-5-14-39(41)47-43(49)35-18-22-37(23-19-35)51-30-12-9-27-46-34(3)4/h5-8,10-11,14-25,33-34,45-46H,9,12-13,26-32H2,1-4H3. The van der Waals surface area contributed by atoms with Crippen molar-refractivity contribution >= 4 is 22.1 Å². The largest absolute Gasteiger partial charge is 0.494 e. The minimum atomic E-state index is 0.519. The normalized spacial score (nSPS) is 11.9. The van der Waals surface area contributed by atoms with Gasteiger partial charge in [-0.1, -0.05) is 64.1 Å². The highest BCUT2D eigenvalue weighted by Gasteiger charge is 2.14. The van der Waals surface area contributed by atoms with Crippen molar-refractivity contribution in [3.8, 4) is 34.3 Å². The molecule has 8 heteroatoms. The zero-order valence-electron chi connectivity index (χ0n) is 31.2. The number of aromatic nitrogens is 4. The Morgan fingerprint density at radius 3 is 1.60 bits per heavy atom. The number of unbranched alkanes of at least 4 members (excludes halogenated alkanes) is 1. The van der Waals surface area contributed by atoms with Crippen LogP contribution < -0.4 is 20.1 Å². The summed E-state index contributed by atoms with van der Waals surface area (Å²) in [6.45, 7) is 14.6. The van der Waals surface area contributed by atoms with Gasteiger partial charge in [0.1, 0.15) is 23.1 Å². The maximum Gasteiger partial charge on any atom is 0.141 e. The van der Waals surface area contributed by atoms with Crippen LogP contribution in [0.1, 0.15) is 47.0 Å². The van der Waals surface area contributed by atoms with Gasteiger partial charge in [-0.15, -0.1) is 0 Å². The molecule has 0 amide bonds. The third-order valence-corrected chi connectivity index (χ3v) is 8.99. The Bertz CT molecular complexity index is 1860. The van der Waals surface area contributed by atoms with E-state index < -0.39 is 0 Å². The van der Waals surface area contributed by atoms with E-state index in [2.05, 4.69) is 132 Å². The Balaban J connectivity index is 1.12. The number of nitrogens with one attached hydrogen (secondary N) is 2. The number of benzene rings is 4. The monoisotopic (exact) mass is 698 g/mol. The lowest BCUT2D eigenvalue weighted by Crippen LogP contribution is -2.23. The van der Waals surface area contributed by atoms with Gasteiger partial charge in [0.05, 0.1) is 35.3 Å². The van der Waals surface area contributed by atoms with Crippen LogP contribution >= 0.6 is 0 Å². The number of para-hydroxylation sites is 4. The molecule has 0 saturated heterocycles. The van der Waals surface area contributed by atoms with E-state index in [1.807, 2.05) is 24.3 Å². The Labute approximate surface area is 308 Å². The molecule has 0 aliphatic rings. The number of hydrogen-bond donors (Lipinski definition) is 2. The minimum Gasteiger partial charge on any atom is -0.494 e. The second-order valence-electron chi connectivity index (χ2n) is 14.1. The first-order chi connectivity index (χ1) is 25.5. The van der Waals surface area contributed by atoms with E-state index in [-0.39, 0.29) is 0 Å². The summed E-state index contributed by atoms with van der Waals surface area (Å²) in [6.07, 6.45) is 7.57. The number of nitrogens with zero attached hydrogens (tertiary/aromatic N) is 4. The summed E-state index contributed by atoms with van der Waals surface area (Å²) in [5, 5.41) is 6.94. The number of rotatable bonds is 20. The van der Waals surface area contributed by atoms with Crippen molar-refractivity contribution in [1.82, 2.24) is 29.7 Å². The van der Waals surface area contributed by atoms with Gasteiger partial charge >= 0.3 is 0 Å². The summed E-state index contributed by atoms with van der Waals surface area (Å²) in [4.78, 5) is 10.1. The lowest BCUT2D eigenvalue weighted by atomic mass is 10.2. The molecule has 0 spiro atoms. The summed E-state index contributed by atoms with van der Waals surface area (Å²) >= 11 is 0. The molecule has 0 fully saturated rings. The summed E-state index contributed by atoms with van der Waals surface area (Å²) in [6, 6.07) is 33.9. The molecule has 0 aliphatic carbocycles. The Hall–Kier alpha value is -4.92. The summed E-state index contributed by atoms with van der Waals surface area (Å²) in [7, 11) is 0. The molecule has 272 valence electrons. The van der Waals surface area contributed by atoms with Crippen LogP contribution in [0.25, 0.3) is 44.8 Å². The SMILES string of the molecule is CC(C)CNCCCOc1ccc(-c2nc3ccccc3n2CC=CCn2c(-c3ccc(OCCCCNC(C)C)cc3)nc3ccccc32)cc1. The highest BCUT2D eigenvalue weighted by atomic mass is 16.5. The molecule has 6 aromatic rings. The van der Waals surface area contributed by atoms with Gasteiger partial charge in [0.25, 0.3) is 0 Å². The van der Waals surface area contributed by atoms with Crippen LogP contribution in [-0.2, 0) is 13.1 Å². The average molecular weight is 699 g/mol. The molecule has 6 rings (SSSR count). The molecule has 0 unspecified atom stereocenters. The number of fused-ring (bicyclic) bond motifs is 2. The fourth-order valence-corrected chi connectivity index (χ4v) is 6.31. The van der Waals surface area contributed by atoms with Crippen molar-refractivity contribution in [2.75, 3.05) is 32.8 Å². The van der Waals surface area contributed by atoms with E-state index >= 15 is 0 Å². The Morgan fingerprint density at radius 2 is 1.10 bits per heavy atom. The Kier molecular flexibility index (Phi) is 13.1. The van der Waals surface area contributed by atoms with E-state index in [1.54, 1.807) is 0 Å². The fraction of sp³-hybridized carbons (Fsp3) is 0.364. The number of ether oxygens (including phenoxy) is 2. The topological polar surface area (TPSA) is 78.2 Å². The lowest BCUT2D eigenvalue weighted by Gasteiger charge is -2.11. The maximum atomic E-state index is 6.04. The number of hydrogen-bond acceptors (Lipinski definition) is 6. The van der Waals surface area contributed by atoms with Crippen molar-refractivity contribution < 1.29 is 9.47 Å². The molecule has 2 N–H and O–H groups in total. The predicted octanol–water partition coefficient (Wildman–Crippen LogP) is 9.15. The van der Waals surface area contributed by atoms with Crippen molar-refractivity contribution in [3.63, 3.8) is 0 Å². The molecular weight excluding hydrogens is 645 g/mol. The molecule has 2 aromatic heterocycles. The lowest BCUT2D eigenvalue weighted by molar-refractivity contribution is 0.305. The zero-order chi connectivity index (χ0) is 36.1. The Morgan fingerprint density at radius 1 is 0.596 bits per heavy atom. The van der Waals surface area contributed by atoms with E-state index in [0.29, 0.717) is 38.3 Å². The van der Waals surface area contributed by atoms with Gasteiger partial charge in [0.2, 0.25) is 0 Å². The highest BCUT2D eigenvalue weighted by molar-refractivity contribution is 5.82. The fourth-order valence-electron chi connectivity index (χ4n) is 6.31. The molecule has 0 saturated carbocycles. The van der Waals surface area contributed by atoms with E-state index in [4.69, 9.17) is 19.4 Å². The number of allylic oxidation sites excluding steroid dienone is 2. The maximum absolute atomic E-state index is 6.04. The predicted molar refractivity (Wildman–Crippen MR) is 215 cm³/mol. The third-order valence-electron chi connectivity index (χ3n) is 8.99.